The van der Waals surface area contributed by atoms with E-state index in [9.17, 15) is 4.79 Å². The molecule has 2 fully saturated rings. The quantitative estimate of drug-likeness (QED) is 0.587. The fourth-order valence-corrected chi connectivity index (χ4v) is 5.37. The second-order valence-electron chi connectivity index (χ2n) is 9.92. The second kappa shape index (κ2) is 9.74. The Balaban J connectivity index is 1.23. The number of piperidine rings is 1. The van der Waals surface area contributed by atoms with E-state index in [1.807, 2.05) is 13.8 Å². The number of likely N-dealkylation sites (tertiary alicyclic amines) is 1. The lowest BCUT2D eigenvalue weighted by Gasteiger charge is -2.32. The van der Waals surface area contributed by atoms with Gasteiger partial charge in [0.1, 0.15) is 17.4 Å². The van der Waals surface area contributed by atoms with Gasteiger partial charge in [0.05, 0.1) is 10.9 Å². The molecule has 34 heavy (non-hydrogen) atoms. The Morgan fingerprint density at radius 1 is 1.09 bits per heavy atom. The molecule has 1 amide bonds. The van der Waals surface area contributed by atoms with Crippen molar-refractivity contribution in [1.29, 1.82) is 0 Å². The van der Waals surface area contributed by atoms with Crippen molar-refractivity contribution in [3.8, 4) is 0 Å². The number of aromatic nitrogens is 2. The fourth-order valence-electron chi connectivity index (χ4n) is 5.37. The number of amides is 1. The number of furan rings is 1. The molecule has 2 aliphatic rings. The third kappa shape index (κ3) is 4.80. The molecule has 0 saturated carbocycles. The van der Waals surface area contributed by atoms with Crippen molar-refractivity contribution in [3.63, 3.8) is 0 Å². The van der Waals surface area contributed by atoms with Crippen molar-refractivity contribution in [2.45, 2.75) is 53.0 Å². The van der Waals surface area contributed by atoms with Gasteiger partial charge in [-0.1, -0.05) is 29.8 Å². The van der Waals surface area contributed by atoms with Gasteiger partial charge < -0.3 is 14.6 Å². The highest BCUT2D eigenvalue weighted by Crippen LogP contribution is 2.33. The van der Waals surface area contributed by atoms with E-state index in [1.165, 1.54) is 11.1 Å². The minimum absolute atomic E-state index is 0.0775. The summed E-state index contributed by atoms with van der Waals surface area (Å²) in [6.07, 6.45) is 4.48. The number of anilines is 1. The van der Waals surface area contributed by atoms with Crippen LogP contribution in [0.4, 0.5) is 5.82 Å². The highest BCUT2D eigenvalue weighted by atomic mass is 16.3. The van der Waals surface area contributed by atoms with E-state index in [0.29, 0.717) is 35.3 Å². The van der Waals surface area contributed by atoms with Gasteiger partial charge in [-0.05, 0) is 71.0 Å². The zero-order chi connectivity index (χ0) is 23.7. The van der Waals surface area contributed by atoms with Gasteiger partial charge in [-0.2, -0.15) is 4.98 Å². The SMILES string of the molecule is Cc1cccc(CN2CCC(CNC(=O)c3c(C)oc4nc(C)nc(N5CCCC5)c34)CC2)c1. The van der Waals surface area contributed by atoms with Crippen molar-refractivity contribution in [1.82, 2.24) is 20.2 Å². The predicted molar refractivity (Wildman–Crippen MR) is 134 cm³/mol. The van der Waals surface area contributed by atoms with Crippen molar-refractivity contribution in [3.05, 3.63) is 52.5 Å². The summed E-state index contributed by atoms with van der Waals surface area (Å²) < 4.78 is 5.93. The van der Waals surface area contributed by atoms with Crippen molar-refractivity contribution in [2.24, 2.45) is 5.92 Å². The van der Waals surface area contributed by atoms with Gasteiger partial charge in [-0.3, -0.25) is 9.69 Å². The molecule has 180 valence electrons. The van der Waals surface area contributed by atoms with Crippen LogP contribution in [0.25, 0.3) is 11.1 Å². The molecule has 4 heterocycles. The molecule has 0 aliphatic carbocycles. The van der Waals surface area contributed by atoms with Gasteiger partial charge >= 0.3 is 0 Å². The maximum Gasteiger partial charge on any atom is 0.255 e. The summed E-state index contributed by atoms with van der Waals surface area (Å²) >= 11 is 0. The summed E-state index contributed by atoms with van der Waals surface area (Å²) in [5, 5.41) is 3.96. The highest BCUT2D eigenvalue weighted by Gasteiger charge is 2.28. The molecule has 1 aromatic carbocycles. The van der Waals surface area contributed by atoms with Crippen LogP contribution in [0.2, 0.25) is 0 Å². The van der Waals surface area contributed by atoms with Gasteiger partial charge in [0.15, 0.2) is 0 Å². The van der Waals surface area contributed by atoms with Crippen molar-refractivity contribution < 1.29 is 9.21 Å². The van der Waals surface area contributed by atoms with Gasteiger partial charge in [0, 0.05) is 26.2 Å². The number of nitrogens with one attached hydrogen (secondary N) is 1. The molecule has 0 bridgehead atoms. The van der Waals surface area contributed by atoms with Gasteiger partial charge in [0.2, 0.25) is 5.71 Å². The molecule has 3 aromatic rings. The van der Waals surface area contributed by atoms with E-state index in [2.05, 4.69) is 51.3 Å². The summed E-state index contributed by atoms with van der Waals surface area (Å²) in [6, 6.07) is 8.75. The minimum atomic E-state index is -0.0775. The average Bonchev–Trinajstić information content (AvgIpc) is 3.45. The molecule has 1 N–H and O–H groups in total. The van der Waals surface area contributed by atoms with E-state index in [-0.39, 0.29) is 5.91 Å². The van der Waals surface area contributed by atoms with Crippen LogP contribution in [-0.4, -0.2) is 53.5 Å². The van der Waals surface area contributed by atoms with Crippen LogP contribution >= 0.6 is 0 Å². The molecule has 0 spiro atoms. The van der Waals surface area contributed by atoms with E-state index in [0.717, 1.165) is 69.6 Å². The molecular weight excluding hydrogens is 426 g/mol. The Kier molecular flexibility index (Phi) is 6.55. The van der Waals surface area contributed by atoms with E-state index < -0.39 is 0 Å². The number of rotatable bonds is 6. The Morgan fingerprint density at radius 2 is 1.85 bits per heavy atom. The minimum Gasteiger partial charge on any atom is -0.442 e. The lowest BCUT2D eigenvalue weighted by Crippen LogP contribution is -2.38. The van der Waals surface area contributed by atoms with E-state index in [1.54, 1.807) is 0 Å². The van der Waals surface area contributed by atoms with E-state index in [4.69, 9.17) is 9.40 Å². The number of fused-ring (bicyclic) bond motifs is 1. The molecular formula is C27H35N5O2. The average molecular weight is 462 g/mol. The normalized spacial score (nSPS) is 17.6. The van der Waals surface area contributed by atoms with Crippen LogP contribution in [0.1, 0.15) is 58.8 Å². The van der Waals surface area contributed by atoms with Crippen LogP contribution in [0.15, 0.2) is 28.7 Å². The molecule has 0 unspecified atom stereocenters. The van der Waals surface area contributed by atoms with Gasteiger partial charge in [-0.15, -0.1) is 0 Å². The molecule has 0 radical (unpaired) electrons. The first-order valence-electron chi connectivity index (χ1n) is 12.6. The second-order valence-corrected chi connectivity index (χ2v) is 9.92. The zero-order valence-corrected chi connectivity index (χ0v) is 20.6. The maximum atomic E-state index is 13.3. The molecule has 2 aliphatic heterocycles. The lowest BCUT2D eigenvalue weighted by molar-refractivity contribution is 0.0935. The predicted octanol–water partition coefficient (Wildman–Crippen LogP) is 4.39. The third-order valence-electron chi connectivity index (χ3n) is 7.20. The van der Waals surface area contributed by atoms with Crippen molar-refractivity contribution >= 4 is 22.8 Å². The first-order chi connectivity index (χ1) is 16.5. The van der Waals surface area contributed by atoms with Crippen LogP contribution in [0.3, 0.4) is 0 Å². The number of hydrogen-bond donors (Lipinski definition) is 1. The molecule has 7 nitrogen and oxygen atoms in total. The van der Waals surface area contributed by atoms with Crippen LogP contribution in [-0.2, 0) is 6.54 Å². The highest BCUT2D eigenvalue weighted by molar-refractivity contribution is 6.10. The zero-order valence-electron chi connectivity index (χ0n) is 20.6. The summed E-state index contributed by atoms with van der Waals surface area (Å²) in [4.78, 5) is 27.3. The number of carbonyl (C=O) groups excluding carboxylic acids is 1. The summed E-state index contributed by atoms with van der Waals surface area (Å²) in [6.45, 7) is 11.6. The van der Waals surface area contributed by atoms with Crippen molar-refractivity contribution in [2.75, 3.05) is 37.6 Å². The van der Waals surface area contributed by atoms with Crippen LogP contribution in [0.5, 0.6) is 0 Å². The number of nitrogens with zero attached hydrogens (tertiary/aromatic N) is 4. The topological polar surface area (TPSA) is 74.5 Å². The Morgan fingerprint density at radius 3 is 2.59 bits per heavy atom. The first-order valence-corrected chi connectivity index (χ1v) is 12.6. The Hall–Kier alpha value is -2.93. The summed E-state index contributed by atoms with van der Waals surface area (Å²) in [5.41, 5.74) is 3.79. The molecule has 5 rings (SSSR count). The summed E-state index contributed by atoms with van der Waals surface area (Å²) in [7, 11) is 0. The molecule has 7 heteroatoms. The van der Waals surface area contributed by atoms with Gasteiger partial charge in [0.25, 0.3) is 5.91 Å². The van der Waals surface area contributed by atoms with E-state index >= 15 is 0 Å². The van der Waals surface area contributed by atoms with Crippen LogP contribution in [0, 0.1) is 26.7 Å². The Labute approximate surface area is 201 Å². The fraction of sp³-hybridized carbons (Fsp3) is 0.519. The summed E-state index contributed by atoms with van der Waals surface area (Å²) in [5.74, 6) is 2.54. The standard InChI is InChI=1S/C27H35N5O2/c1-18-7-6-8-22(15-18)17-31-13-9-21(10-14-31)16-28-26(33)23-19(2)34-27-24(23)25(29-20(3)30-27)32-11-4-5-12-32/h6-8,15,21H,4-5,9-14,16-17H2,1-3H3,(H,28,33). The lowest BCUT2D eigenvalue weighted by atomic mass is 9.96. The van der Waals surface area contributed by atoms with Gasteiger partial charge in [-0.25, -0.2) is 4.98 Å². The number of aryl methyl sites for hydroxylation is 3. The maximum absolute atomic E-state index is 13.3. The first kappa shape index (κ1) is 22.8. The number of carbonyl (C=O) groups is 1. The third-order valence-corrected chi connectivity index (χ3v) is 7.20. The monoisotopic (exact) mass is 461 g/mol. The Bertz CT molecular complexity index is 1170. The molecule has 2 saturated heterocycles. The molecule has 0 atom stereocenters. The molecule has 2 aromatic heterocycles. The largest absolute Gasteiger partial charge is 0.442 e. The smallest absolute Gasteiger partial charge is 0.255 e. The number of benzene rings is 1. The number of hydrogen-bond acceptors (Lipinski definition) is 6. The van der Waals surface area contributed by atoms with Crippen LogP contribution < -0.4 is 10.2 Å².